The summed E-state index contributed by atoms with van der Waals surface area (Å²) < 4.78 is 7.13. The third-order valence-electron chi connectivity index (χ3n) is 4.40. The molecule has 0 aliphatic carbocycles. The standard InChI is InChI=1S/C17H20N4O4/c1-12-14(3-2-4-15(12)21(23)24)9-17(22)19-16-5-7-18-20(16)10-13-6-8-25-11-13/h2-5,7,13H,6,8-11H2,1H3,(H,19,22). The number of aromatic nitrogens is 2. The van der Waals surface area contributed by atoms with E-state index in [9.17, 15) is 14.9 Å². The van der Waals surface area contributed by atoms with Gasteiger partial charge in [-0.3, -0.25) is 14.9 Å². The van der Waals surface area contributed by atoms with Gasteiger partial charge in [-0.1, -0.05) is 12.1 Å². The Kier molecular flexibility index (Phi) is 5.08. The zero-order chi connectivity index (χ0) is 17.8. The SMILES string of the molecule is Cc1c(CC(=O)Nc2ccnn2CC2CCOC2)cccc1[N+](=O)[O-]. The molecule has 1 aliphatic heterocycles. The van der Waals surface area contributed by atoms with Crippen molar-refractivity contribution in [3.63, 3.8) is 0 Å². The van der Waals surface area contributed by atoms with Crippen LogP contribution in [0.4, 0.5) is 11.5 Å². The lowest BCUT2D eigenvalue weighted by Gasteiger charge is -2.12. The van der Waals surface area contributed by atoms with Crippen LogP contribution in [0.5, 0.6) is 0 Å². The molecule has 1 aromatic carbocycles. The summed E-state index contributed by atoms with van der Waals surface area (Å²) in [6.45, 7) is 3.82. The van der Waals surface area contributed by atoms with Crippen LogP contribution >= 0.6 is 0 Å². The van der Waals surface area contributed by atoms with Gasteiger partial charge in [0.1, 0.15) is 5.82 Å². The molecule has 1 amide bonds. The number of nitro groups is 1. The van der Waals surface area contributed by atoms with Gasteiger partial charge in [0.15, 0.2) is 0 Å². The summed E-state index contributed by atoms with van der Waals surface area (Å²) in [5.41, 5.74) is 1.18. The van der Waals surface area contributed by atoms with Gasteiger partial charge < -0.3 is 10.1 Å². The lowest BCUT2D eigenvalue weighted by Crippen LogP contribution is -2.20. The van der Waals surface area contributed by atoms with Crippen LogP contribution in [0.15, 0.2) is 30.5 Å². The maximum Gasteiger partial charge on any atom is 0.272 e. The van der Waals surface area contributed by atoms with Crippen LogP contribution < -0.4 is 5.32 Å². The second-order valence-corrected chi connectivity index (χ2v) is 6.17. The Bertz CT molecular complexity index is 781. The minimum absolute atomic E-state index is 0.0246. The van der Waals surface area contributed by atoms with E-state index in [1.54, 1.807) is 36.0 Å². The highest BCUT2D eigenvalue weighted by atomic mass is 16.6. The number of carbonyl (C=O) groups excluding carboxylic acids is 1. The van der Waals surface area contributed by atoms with E-state index in [0.29, 0.717) is 36.0 Å². The van der Waals surface area contributed by atoms with Crippen LogP contribution in [0.3, 0.4) is 0 Å². The first-order chi connectivity index (χ1) is 12.0. The topological polar surface area (TPSA) is 99.3 Å². The summed E-state index contributed by atoms with van der Waals surface area (Å²) in [5, 5.41) is 18.1. The third kappa shape index (κ3) is 4.03. The highest BCUT2D eigenvalue weighted by molar-refractivity contribution is 5.91. The molecular weight excluding hydrogens is 324 g/mol. The molecule has 8 heteroatoms. The lowest BCUT2D eigenvalue weighted by molar-refractivity contribution is -0.385. The van der Waals surface area contributed by atoms with Gasteiger partial charge >= 0.3 is 0 Å². The average Bonchev–Trinajstić information content (AvgIpc) is 3.22. The first-order valence-corrected chi connectivity index (χ1v) is 8.17. The molecule has 1 aromatic heterocycles. The normalized spacial score (nSPS) is 16.8. The Morgan fingerprint density at radius 2 is 2.32 bits per heavy atom. The van der Waals surface area contributed by atoms with Crippen molar-refractivity contribution in [3.8, 4) is 0 Å². The Morgan fingerprint density at radius 1 is 1.48 bits per heavy atom. The largest absolute Gasteiger partial charge is 0.381 e. The highest BCUT2D eigenvalue weighted by Gasteiger charge is 2.19. The molecule has 1 aliphatic rings. The minimum Gasteiger partial charge on any atom is -0.381 e. The molecule has 0 bridgehead atoms. The van der Waals surface area contributed by atoms with Gasteiger partial charge in [0.25, 0.3) is 5.69 Å². The average molecular weight is 344 g/mol. The number of nitrogens with one attached hydrogen (secondary N) is 1. The quantitative estimate of drug-likeness (QED) is 0.640. The van der Waals surface area contributed by atoms with E-state index >= 15 is 0 Å². The summed E-state index contributed by atoms with van der Waals surface area (Å²) in [6.07, 6.45) is 2.70. The van der Waals surface area contributed by atoms with Crippen LogP contribution in [0, 0.1) is 23.0 Å². The van der Waals surface area contributed by atoms with E-state index in [1.807, 2.05) is 0 Å². The van der Waals surface area contributed by atoms with Gasteiger partial charge in [-0.05, 0) is 18.9 Å². The second kappa shape index (κ2) is 7.43. The Hall–Kier alpha value is -2.74. The highest BCUT2D eigenvalue weighted by Crippen LogP contribution is 2.22. The number of carbonyl (C=O) groups is 1. The Labute approximate surface area is 144 Å². The molecule has 25 heavy (non-hydrogen) atoms. The van der Waals surface area contributed by atoms with Crippen molar-refractivity contribution < 1.29 is 14.5 Å². The number of hydrogen-bond donors (Lipinski definition) is 1. The number of anilines is 1. The third-order valence-corrected chi connectivity index (χ3v) is 4.40. The summed E-state index contributed by atoms with van der Waals surface area (Å²) in [5.74, 6) is 0.794. The van der Waals surface area contributed by atoms with Gasteiger partial charge in [0, 0.05) is 36.8 Å². The van der Waals surface area contributed by atoms with Gasteiger partial charge in [-0.2, -0.15) is 5.10 Å². The number of ether oxygens (including phenoxy) is 1. The molecule has 3 rings (SSSR count). The van der Waals surface area contributed by atoms with Crippen molar-refractivity contribution in [2.45, 2.75) is 26.3 Å². The summed E-state index contributed by atoms with van der Waals surface area (Å²) in [6, 6.07) is 6.51. The van der Waals surface area contributed by atoms with Gasteiger partial charge in [-0.15, -0.1) is 0 Å². The van der Waals surface area contributed by atoms with E-state index in [-0.39, 0.29) is 18.0 Å². The van der Waals surface area contributed by atoms with Crippen molar-refractivity contribution in [1.29, 1.82) is 0 Å². The summed E-state index contributed by atoms with van der Waals surface area (Å²) in [7, 11) is 0. The van der Waals surface area contributed by atoms with E-state index in [0.717, 1.165) is 13.0 Å². The van der Waals surface area contributed by atoms with Crippen molar-refractivity contribution in [1.82, 2.24) is 9.78 Å². The Balaban J connectivity index is 1.66. The lowest BCUT2D eigenvalue weighted by atomic mass is 10.0. The molecule has 1 N–H and O–H groups in total. The fourth-order valence-electron chi connectivity index (χ4n) is 2.98. The van der Waals surface area contributed by atoms with Gasteiger partial charge in [0.05, 0.1) is 24.1 Å². The van der Waals surface area contributed by atoms with Crippen molar-refractivity contribution in [3.05, 3.63) is 51.7 Å². The predicted octanol–water partition coefficient (Wildman–Crippen LogP) is 2.32. The predicted molar refractivity (Wildman–Crippen MR) is 91.3 cm³/mol. The molecule has 0 saturated carbocycles. The second-order valence-electron chi connectivity index (χ2n) is 6.17. The monoisotopic (exact) mass is 344 g/mol. The molecule has 1 saturated heterocycles. The summed E-state index contributed by atoms with van der Waals surface area (Å²) in [4.78, 5) is 22.9. The number of hydrogen-bond acceptors (Lipinski definition) is 5. The van der Waals surface area contributed by atoms with Gasteiger partial charge in [-0.25, -0.2) is 4.68 Å². The maximum atomic E-state index is 12.4. The number of nitrogens with zero attached hydrogens (tertiary/aromatic N) is 3. The van der Waals surface area contributed by atoms with Crippen molar-refractivity contribution >= 4 is 17.4 Å². The molecule has 2 heterocycles. The van der Waals surface area contributed by atoms with E-state index < -0.39 is 4.92 Å². The van der Waals surface area contributed by atoms with Crippen LogP contribution in [0.25, 0.3) is 0 Å². The molecular formula is C17H20N4O4. The minimum atomic E-state index is -0.435. The van der Waals surface area contributed by atoms with Crippen LogP contribution in [0.1, 0.15) is 17.5 Å². The molecule has 2 aromatic rings. The molecule has 0 spiro atoms. The number of rotatable bonds is 6. The maximum absolute atomic E-state index is 12.4. The van der Waals surface area contributed by atoms with Crippen LogP contribution in [-0.4, -0.2) is 33.8 Å². The van der Waals surface area contributed by atoms with Crippen molar-refractivity contribution in [2.75, 3.05) is 18.5 Å². The Morgan fingerprint density at radius 3 is 3.04 bits per heavy atom. The smallest absolute Gasteiger partial charge is 0.272 e. The number of benzene rings is 1. The molecule has 8 nitrogen and oxygen atoms in total. The zero-order valence-corrected chi connectivity index (χ0v) is 14.0. The fourth-order valence-corrected chi connectivity index (χ4v) is 2.98. The fraction of sp³-hybridized carbons (Fsp3) is 0.412. The number of amides is 1. The van der Waals surface area contributed by atoms with Gasteiger partial charge in [0.2, 0.25) is 5.91 Å². The molecule has 1 fully saturated rings. The van der Waals surface area contributed by atoms with E-state index in [4.69, 9.17) is 4.74 Å². The molecule has 0 radical (unpaired) electrons. The molecule has 132 valence electrons. The molecule has 1 unspecified atom stereocenters. The zero-order valence-electron chi connectivity index (χ0n) is 14.0. The first kappa shape index (κ1) is 17.1. The van der Waals surface area contributed by atoms with Crippen molar-refractivity contribution in [2.24, 2.45) is 5.92 Å². The van der Waals surface area contributed by atoms with E-state index in [1.165, 1.54) is 6.07 Å². The van der Waals surface area contributed by atoms with E-state index in [2.05, 4.69) is 10.4 Å². The van der Waals surface area contributed by atoms with Crippen LogP contribution in [0.2, 0.25) is 0 Å². The molecule has 1 atom stereocenters. The first-order valence-electron chi connectivity index (χ1n) is 8.17. The number of nitro benzene ring substituents is 1. The van der Waals surface area contributed by atoms with Crippen LogP contribution in [-0.2, 0) is 22.5 Å². The summed E-state index contributed by atoms with van der Waals surface area (Å²) >= 11 is 0.